The van der Waals surface area contributed by atoms with E-state index in [2.05, 4.69) is 17.2 Å². The number of aliphatic hydroxyl groups excluding tert-OH is 1. The fraction of sp³-hybridized carbons (Fsp3) is 0.733. The number of aliphatic hydroxyl groups is 1. The number of thiazole rings is 1. The van der Waals surface area contributed by atoms with Crippen LogP contribution in [0.4, 0.5) is 5.13 Å². The van der Waals surface area contributed by atoms with Crippen LogP contribution in [0.15, 0.2) is 5.38 Å². The highest BCUT2D eigenvalue weighted by atomic mass is 32.1. The maximum atomic E-state index is 11.5. The number of carbonyl (C=O) groups excluding carboxylic acids is 1. The monoisotopic (exact) mass is 311 g/mol. The van der Waals surface area contributed by atoms with Gasteiger partial charge >= 0.3 is 0 Å². The van der Waals surface area contributed by atoms with Crippen LogP contribution in [0.1, 0.15) is 45.7 Å². The maximum absolute atomic E-state index is 11.5. The Morgan fingerprint density at radius 2 is 2.43 bits per heavy atom. The van der Waals surface area contributed by atoms with Gasteiger partial charge in [-0.15, -0.1) is 11.3 Å². The summed E-state index contributed by atoms with van der Waals surface area (Å²) in [5.74, 6) is 0.0232. The van der Waals surface area contributed by atoms with E-state index >= 15 is 0 Å². The highest BCUT2D eigenvalue weighted by molar-refractivity contribution is 7.14. The SMILES string of the molecule is CCN(C(C)=O)c1nc(CNC2CCCC2(C)CO)cs1. The predicted octanol–water partition coefficient (Wildman–Crippen LogP) is 2.16. The molecule has 1 aliphatic rings. The van der Waals surface area contributed by atoms with Crippen LogP contribution in [0, 0.1) is 5.41 Å². The van der Waals surface area contributed by atoms with Crippen molar-refractivity contribution < 1.29 is 9.90 Å². The first-order valence-corrected chi connectivity index (χ1v) is 8.45. The predicted molar refractivity (Wildman–Crippen MR) is 85.5 cm³/mol. The molecule has 1 saturated carbocycles. The standard InChI is InChI=1S/C15H25N3O2S/c1-4-18(11(2)20)14-17-12(9-21-14)8-16-13-6-5-7-15(13,3)10-19/h9,13,16,19H,4-8,10H2,1-3H3. The molecule has 0 radical (unpaired) electrons. The van der Waals surface area contributed by atoms with Crippen LogP contribution in [-0.4, -0.2) is 35.2 Å². The Morgan fingerprint density at radius 3 is 3.05 bits per heavy atom. The Labute approximate surface area is 130 Å². The van der Waals surface area contributed by atoms with Crippen LogP contribution in [0.5, 0.6) is 0 Å². The second-order valence-corrected chi connectivity index (χ2v) is 6.86. The molecular weight excluding hydrogens is 286 g/mol. The number of aromatic nitrogens is 1. The Morgan fingerprint density at radius 1 is 1.67 bits per heavy atom. The molecule has 6 heteroatoms. The quantitative estimate of drug-likeness (QED) is 0.845. The van der Waals surface area contributed by atoms with Gasteiger partial charge < -0.3 is 10.4 Å². The molecular formula is C15H25N3O2S. The van der Waals surface area contributed by atoms with Crippen LogP contribution in [0.3, 0.4) is 0 Å². The molecule has 1 aliphatic carbocycles. The average molecular weight is 311 g/mol. The number of carbonyl (C=O) groups is 1. The third kappa shape index (κ3) is 3.62. The summed E-state index contributed by atoms with van der Waals surface area (Å²) in [5.41, 5.74) is 0.940. The van der Waals surface area contributed by atoms with E-state index in [0.29, 0.717) is 19.1 Å². The van der Waals surface area contributed by atoms with E-state index in [0.717, 1.165) is 30.1 Å². The Bertz CT molecular complexity index is 491. The summed E-state index contributed by atoms with van der Waals surface area (Å²) < 4.78 is 0. The number of nitrogens with one attached hydrogen (secondary N) is 1. The lowest BCUT2D eigenvalue weighted by Gasteiger charge is -2.30. The van der Waals surface area contributed by atoms with Crippen LogP contribution < -0.4 is 10.2 Å². The highest BCUT2D eigenvalue weighted by Crippen LogP contribution is 2.37. The maximum Gasteiger partial charge on any atom is 0.225 e. The van der Waals surface area contributed by atoms with Gasteiger partial charge in [0.25, 0.3) is 0 Å². The second-order valence-electron chi connectivity index (χ2n) is 6.02. The zero-order chi connectivity index (χ0) is 15.5. The second kappa shape index (κ2) is 6.85. The minimum atomic E-state index is -0.0201. The topological polar surface area (TPSA) is 65.5 Å². The third-order valence-corrected chi connectivity index (χ3v) is 5.35. The molecule has 1 amide bonds. The zero-order valence-electron chi connectivity index (χ0n) is 13.1. The molecule has 2 rings (SSSR count). The molecule has 0 spiro atoms. The van der Waals surface area contributed by atoms with Crippen molar-refractivity contribution in [3.8, 4) is 0 Å². The van der Waals surface area contributed by atoms with Gasteiger partial charge in [-0.25, -0.2) is 4.98 Å². The third-order valence-electron chi connectivity index (χ3n) is 4.44. The fourth-order valence-corrected chi connectivity index (χ4v) is 3.92. The summed E-state index contributed by atoms with van der Waals surface area (Å²) in [6.45, 7) is 7.20. The highest BCUT2D eigenvalue weighted by Gasteiger charge is 2.37. The smallest absolute Gasteiger partial charge is 0.225 e. The van der Waals surface area contributed by atoms with Crippen molar-refractivity contribution in [3.63, 3.8) is 0 Å². The van der Waals surface area contributed by atoms with E-state index < -0.39 is 0 Å². The Hall–Kier alpha value is -0.980. The summed E-state index contributed by atoms with van der Waals surface area (Å²) in [5, 5.41) is 15.8. The average Bonchev–Trinajstić information content (AvgIpc) is 3.05. The van der Waals surface area contributed by atoms with Gasteiger partial charge in [0.1, 0.15) is 0 Å². The van der Waals surface area contributed by atoms with E-state index in [1.165, 1.54) is 11.3 Å². The van der Waals surface area contributed by atoms with Gasteiger partial charge in [-0.1, -0.05) is 13.3 Å². The Kier molecular flexibility index (Phi) is 5.35. The van der Waals surface area contributed by atoms with Gasteiger partial charge in [0.15, 0.2) is 5.13 Å². The molecule has 0 aliphatic heterocycles. The molecule has 118 valence electrons. The molecule has 0 aromatic carbocycles. The first kappa shape index (κ1) is 16.4. The van der Waals surface area contributed by atoms with Crippen molar-refractivity contribution in [3.05, 3.63) is 11.1 Å². The minimum absolute atomic E-state index is 0.0201. The number of rotatable bonds is 6. The number of hydrogen-bond acceptors (Lipinski definition) is 5. The number of amides is 1. The van der Waals surface area contributed by atoms with Gasteiger partial charge in [-0.2, -0.15) is 0 Å². The number of hydrogen-bond donors (Lipinski definition) is 2. The number of anilines is 1. The zero-order valence-corrected chi connectivity index (χ0v) is 13.9. The molecule has 1 aromatic heterocycles. The van der Waals surface area contributed by atoms with E-state index in [1.54, 1.807) is 11.8 Å². The summed E-state index contributed by atoms with van der Waals surface area (Å²) in [6, 6.07) is 0.336. The van der Waals surface area contributed by atoms with Crippen LogP contribution in [0.2, 0.25) is 0 Å². The lowest BCUT2D eigenvalue weighted by atomic mass is 9.86. The largest absolute Gasteiger partial charge is 0.396 e. The molecule has 1 aromatic rings. The van der Waals surface area contributed by atoms with E-state index in [9.17, 15) is 9.90 Å². The van der Waals surface area contributed by atoms with Crippen molar-refractivity contribution in [1.82, 2.24) is 10.3 Å². The molecule has 21 heavy (non-hydrogen) atoms. The summed E-state index contributed by atoms with van der Waals surface area (Å²) in [6.07, 6.45) is 3.32. The van der Waals surface area contributed by atoms with Gasteiger partial charge in [0.2, 0.25) is 5.91 Å². The molecule has 1 fully saturated rings. The molecule has 5 nitrogen and oxygen atoms in total. The molecule has 2 N–H and O–H groups in total. The first-order chi connectivity index (χ1) is 10.00. The van der Waals surface area contributed by atoms with E-state index in [4.69, 9.17) is 0 Å². The van der Waals surface area contributed by atoms with Crippen LogP contribution in [0.25, 0.3) is 0 Å². The van der Waals surface area contributed by atoms with Gasteiger partial charge in [-0.05, 0) is 19.8 Å². The molecule has 0 bridgehead atoms. The van der Waals surface area contributed by atoms with Crippen molar-refractivity contribution >= 4 is 22.4 Å². The van der Waals surface area contributed by atoms with Crippen molar-refractivity contribution in [1.29, 1.82) is 0 Å². The number of nitrogens with zero attached hydrogens (tertiary/aromatic N) is 2. The minimum Gasteiger partial charge on any atom is -0.396 e. The first-order valence-electron chi connectivity index (χ1n) is 7.57. The summed E-state index contributed by atoms with van der Waals surface area (Å²) >= 11 is 1.50. The fourth-order valence-electron chi connectivity index (χ4n) is 2.99. The van der Waals surface area contributed by atoms with Gasteiger partial charge in [0, 0.05) is 43.5 Å². The lowest BCUT2D eigenvalue weighted by molar-refractivity contribution is -0.116. The van der Waals surface area contributed by atoms with Crippen molar-refractivity contribution in [2.75, 3.05) is 18.1 Å². The molecule has 1 heterocycles. The lowest BCUT2D eigenvalue weighted by Crippen LogP contribution is -2.41. The molecule has 0 saturated heterocycles. The Balaban J connectivity index is 1.96. The van der Waals surface area contributed by atoms with E-state index in [-0.39, 0.29) is 17.9 Å². The summed E-state index contributed by atoms with van der Waals surface area (Å²) in [4.78, 5) is 17.7. The van der Waals surface area contributed by atoms with Crippen LogP contribution >= 0.6 is 11.3 Å². The van der Waals surface area contributed by atoms with Crippen molar-refractivity contribution in [2.45, 2.75) is 52.6 Å². The van der Waals surface area contributed by atoms with E-state index in [1.807, 2.05) is 12.3 Å². The van der Waals surface area contributed by atoms with Gasteiger partial charge in [-0.3, -0.25) is 9.69 Å². The summed E-state index contributed by atoms with van der Waals surface area (Å²) in [7, 11) is 0. The molecule has 2 atom stereocenters. The molecule has 2 unspecified atom stereocenters. The van der Waals surface area contributed by atoms with Crippen LogP contribution in [-0.2, 0) is 11.3 Å². The van der Waals surface area contributed by atoms with Crippen molar-refractivity contribution in [2.24, 2.45) is 5.41 Å². The normalized spacial score (nSPS) is 25.2. The van der Waals surface area contributed by atoms with Gasteiger partial charge in [0.05, 0.1) is 5.69 Å².